The summed E-state index contributed by atoms with van der Waals surface area (Å²) in [5.41, 5.74) is 0. The van der Waals surface area contributed by atoms with Crippen molar-refractivity contribution in [1.29, 1.82) is 0 Å². The first-order valence-electron chi connectivity index (χ1n) is 2.51. The third-order valence-electron chi connectivity index (χ3n) is 0.795. The van der Waals surface area contributed by atoms with Crippen molar-refractivity contribution in [1.82, 2.24) is 0 Å². The number of rotatable bonds is 3. The van der Waals surface area contributed by atoms with Crippen LogP contribution in [-0.4, -0.2) is 31.1 Å². The van der Waals surface area contributed by atoms with E-state index in [1.807, 2.05) is 0 Å². The predicted molar refractivity (Wildman–Crippen MR) is 40.9 cm³/mol. The molecular weight excluding hydrogens is 122 g/mol. The van der Waals surface area contributed by atoms with E-state index in [2.05, 4.69) is 23.9 Å². The van der Waals surface area contributed by atoms with E-state index in [1.54, 1.807) is 0 Å². The lowest BCUT2D eigenvalue weighted by atomic mass is 10.8. The molecule has 0 aromatic heterocycles. The van der Waals surface area contributed by atoms with Crippen LogP contribution in [0.25, 0.3) is 0 Å². The van der Waals surface area contributed by atoms with Crippen molar-refractivity contribution in [2.24, 2.45) is 5.18 Å². The van der Waals surface area contributed by atoms with Crippen molar-refractivity contribution in [2.45, 2.75) is 0 Å². The van der Waals surface area contributed by atoms with E-state index in [0.29, 0.717) is 6.54 Å². The van der Waals surface area contributed by atoms with Gasteiger partial charge in [-0.1, -0.05) is 5.18 Å². The number of hydrogen-bond donors (Lipinski definition) is 0. The topological polar surface area (TPSA) is 29.4 Å². The lowest BCUT2D eigenvalue weighted by Gasteiger charge is -2.22. The van der Waals surface area contributed by atoms with Crippen molar-refractivity contribution in [3.05, 3.63) is 4.91 Å². The van der Waals surface area contributed by atoms with Gasteiger partial charge < -0.3 is 0 Å². The second-order valence-corrected chi connectivity index (χ2v) is 7.24. The van der Waals surface area contributed by atoms with Crippen LogP contribution in [0.4, 0.5) is 0 Å². The Kier molecular flexibility index (Phi) is 3.05. The lowest BCUT2D eigenvalue weighted by molar-refractivity contribution is 1.12. The quantitative estimate of drug-likeness (QED) is 0.538. The van der Waals surface area contributed by atoms with Gasteiger partial charge in [0.05, 0.1) is 6.54 Å². The van der Waals surface area contributed by atoms with E-state index < -0.39 is 10.0 Å². The molecule has 0 radical (unpaired) electrons. The molecule has 0 aromatic rings. The summed E-state index contributed by atoms with van der Waals surface area (Å²) in [7, 11) is -0.480. The molecule has 0 saturated carbocycles. The fourth-order valence-corrected chi connectivity index (χ4v) is 0.933. The minimum atomic E-state index is -0.480. The van der Waals surface area contributed by atoms with E-state index in [1.165, 1.54) is 0 Å². The van der Waals surface area contributed by atoms with Crippen LogP contribution in [0.5, 0.6) is 0 Å². The molecule has 0 amide bonds. The molecule has 0 spiro atoms. The molecule has 0 unspecified atom stereocenters. The minimum Gasteiger partial charge on any atom is -0.248 e. The molecule has 2 nitrogen and oxygen atoms in total. The smallest absolute Gasteiger partial charge is 0.0886 e. The van der Waals surface area contributed by atoms with Crippen LogP contribution >= 0.6 is 10.0 Å². The summed E-state index contributed by atoms with van der Waals surface area (Å²) in [5, 5.41) is 2.79. The van der Waals surface area contributed by atoms with Gasteiger partial charge in [0, 0.05) is 0 Å². The van der Waals surface area contributed by atoms with E-state index in [-0.39, 0.29) is 0 Å². The molecular formula is C5H13NOS. The van der Waals surface area contributed by atoms with Gasteiger partial charge in [-0.3, -0.25) is 0 Å². The first-order valence-corrected chi connectivity index (χ1v) is 5.54. The monoisotopic (exact) mass is 135 g/mol. The highest BCUT2D eigenvalue weighted by molar-refractivity contribution is 8.32. The highest BCUT2D eigenvalue weighted by Gasteiger charge is 2.01. The molecule has 0 aliphatic heterocycles. The van der Waals surface area contributed by atoms with Gasteiger partial charge >= 0.3 is 0 Å². The third kappa shape index (κ3) is 5.95. The van der Waals surface area contributed by atoms with Gasteiger partial charge in [0.1, 0.15) is 0 Å². The Bertz CT molecular complexity index is 77.0. The second-order valence-electron chi connectivity index (χ2n) is 2.65. The Morgan fingerprint density at radius 1 is 1.38 bits per heavy atom. The SMILES string of the molecule is CS(C)(C)CCN=O. The summed E-state index contributed by atoms with van der Waals surface area (Å²) >= 11 is 0. The van der Waals surface area contributed by atoms with Crippen molar-refractivity contribution < 1.29 is 0 Å². The molecule has 0 aromatic carbocycles. The van der Waals surface area contributed by atoms with Crippen LogP contribution in [0.15, 0.2) is 5.18 Å². The third-order valence-corrected chi connectivity index (χ3v) is 2.20. The Labute approximate surface area is 52.0 Å². The first kappa shape index (κ1) is 7.95. The van der Waals surface area contributed by atoms with Crippen molar-refractivity contribution >= 4 is 10.0 Å². The predicted octanol–water partition coefficient (Wildman–Crippen LogP) is 1.45. The van der Waals surface area contributed by atoms with E-state index in [4.69, 9.17) is 0 Å². The van der Waals surface area contributed by atoms with Crippen LogP contribution in [0, 0.1) is 4.91 Å². The highest BCUT2D eigenvalue weighted by Crippen LogP contribution is 2.33. The van der Waals surface area contributed by atoms with Gasteiger partial charge in [0.25, 0.3) is 0 Å². The van der Waals surface area contributed by atoms with Crippen LogP contribution < -0.4 is 0 Å². The van der Waals surface area contributed by atoms with E-state index in [9.17, 15) is 4.91 Å². The van der Waals surface area contributed by atoms with Crippen LogP contribution in [-0.2, 0) is 0 Å². The van der Waals surface area contributed by atoms with Crippen molar-refractivity contribution in [3.63, 3.8) is 0 Å². The largest absolute Gasteiger partial charge is 0.248 e. The maximum atomic E-state index is 9.61. The molecule has 0 aliphatic rings. The molecule has 0 heterocycles. The zero-order valence-corrected chi connectivity index (χ0v) is 6.49. The first-order chi connectivity index (χ1) is 3.56. The molecule has 3 heteroatoms. The van der Waals surface area contributed by atoms with Crippen LogP contribution in [0.1, 0.15) is 0 Å². The van der Waals surface area contributed by atoms with Gasteiger partial charge in [-0.15, -0.1) is 0 Å². The van der Waals surface area contributed by atoms with Crippen molar-refractivity contribution in [3.8, 4) is 0 Å². The number of nitroso groups, excluding NO2 is 1. The average Bonchev–Trinajstić information content (AvgIpc) is 1.59. The Balaban J connectivity index is 3.24. The molecule has 0 atom stereocenters. The maximum Gasteiger partial charge on any atom is 0.0886 e. The van der Waals surface area contributed by atoms with Gasteiger partial charge in [0.2, 0.25) is 0 Å². The Hall–Kier alpha value is -0.0500. The molecule has 0 saturated heterocycles. The maximum absolute atomic E-state index is 9.61. The van der Waals surface area contributed by atoms with Gasteiger partial charge in [-0.25, -0.2) is 10.0 Å². The summed E-state index contributed by atoms with van der Waals surface area (Å²) in [6, 6.07) is 0. The molecule has 0 N–H and O–H groups in total. The molecule has 0 bridgehead atoms. The zero-order valence-electron chi connectivity index (χ0n) is 5.68. The molecule has 0 fully saturated rings. The zero-order chi connectivity index (χ0) is 6.62. The lowest BCUT2D eigenvalue weighted by Crippen LogP contribution is -2.00. The summed E-state index contributed by atoms with van der Waals surface area (Å²) in [6.45, 7) is 0.485. The van der Waals surface area contributed by atoms with E-state index >= 15 is 0 Å². The van der Waals surface area contributed by atoms with Gasteiger partial charge in [0.15, 0.2) is 0 Å². The Morgan fingerprint density at radius 3 is 2.00 bits per heavy atom. The van der Waals surface area contributed by atoms with Crippen LogP contribution in [0.3, 0.4) is 0 Å². The number of nitrogens with zero attached hydrogens (tertiary/aromatic N) is 1. The molecule has 0 rings (SSSR count). The van der Waals surface area contributed by atoms with E-state index in [0.717, 1.165) is 5.75 Å². The average molecular weight is 135 g/mol. The fourth-order valence-electron chi connectivity index (χ4n) is 0.311. The summed E-state index contributed by atoms with van der Waals surface area (Å²) < 4.78 is 0. The summed E-state index contributed by atoms with van der Waals surface area (Å²) in [4.78, 5) is 9.61. The Morgan fingerprint density at radius 2 is 1.88 bits per heavy atom. The van der Waals surface area contributed by atoms with Crippen molar-refractivity contribution in [2.75, 3.05) is 31.1 Å². The standard InChI is InChI=1S/C5H13NOS/c1-8(2,3)5-4-6-7/h4-5H2,1-3H3. The van der Waals surface area contributed by atoms with Gasteiger partial charge in [-0.2, -0.15) is 4.91 Å². The highest BCUT2D eigenvalue weighted by atomic mass is 32.3. The fraction of sp³-hybridized carbons (Fsp3) is 1.00. The molecule has 8 heavy (non-hydrogen) atoms. The molecule has 50 valence electrons. The number of hydrogen-bond acceptors (Lipinski definition) is 2. The summed E-state index contributed by atoms with van der Waals surface area (Å²) in [6.07, 6.45) is 6.54. The van der Waals surface area contributed by atoms with Crippen LogP contribution in [0.2, 0.25) is 0 Å². The minimum absolute atomic E-state index is 0.480. The molecule has 0 aliphatic carbocycles. The van der Waals surface area contributed by atoms with Gasteiger partial charge in [-0.05, 0) is 24.5 Å². The summed E-state index contributed by atoms with van der Waals surface area (Å²) in [5.74, 6) is 0.969. The normalized spacial score (nSPS) is 13.4. The second kappa shape index (κ2) is 3.07.